The normalized spacial score (nSPS) is 10.8. The zero-order chi connectivity index (χ0) is 13.4. The molecule has 0 saturated carbocycles. The molecule has 6 heteroatoms. The molecule has 0 atom stereocenters. The van der Waals surface area contributed by atoms with Crippen molar-refractivity contribution in [1.29, 1.82) is 0 Å². The fourth-order valence-corrected chi connectivity index (χ4v) is 2.19. The lowest BCUT2D eigenvalue weighted by Crippen LogP contribution is -2.09. The Morgan fingerprint density at radius 1 is 1.21 bits per heavy atom. The maximum Gasteiger partial charge on any atom is 0.416 e. The molecule has 5 nitrogen and oxygen atoms in total. The molecular weight excluding hydrogens is 266 g/mol. The minimum absolute atomic E-state index is 0.490. The molecule has 3 aromatic rings. The third-order valence-corrected chi connectivity index (χ3v) is 3.05. The van der Waals surface area contributed by atoms with Crippen molar-refractivity contribution >= 4 is 28.6 Å². The van der Waals surface area contributed by atoms with Gasteiger partial charge in [0, 0.05) is 28.4 Å². The van der Waals surface area contributed by atoms with Crippen molar-refractivity contribution in [3.05, 3.63) is 48.0 Å². The second kappa shape index (κ2) is 4.37. The quantitative estimate of drug-likeness (QED) is 0.739. The summed E-state index contributed by atoms with van der Waals surface area (Å²) < 4.78 is 1.18. The molecule has 0 fully saturated rings. The summed E-state index contributed by atoms with van der Waals surface area (Å²) in [4.78, 5) is 19.3. The van der Waals surface area contributed by atoms with E-state index in [2.05, 4.69) is 9.97 Å². The van der Waals surface area contributed by atoms with Crippen molar-refractivity contribution < 1.29 is 9.90 Å². The number of hydrogen-bond acceptors (Lipinski definition) is 3. The summed E-state index contributed by atoms with van der Waals surface area (Å²) in [5.74, 6) is 0. The Bertz CT molecular complexity index is 768. The molecule has 0 bridgehead atoms. The third-order valence-electron chi connectivity index (χ3n) is 2.81. The maximum absolute atomic E-state index is 11.5. The van der Waals surface area contributed by atoms with E-state index in [-0.39, 0.29) is 0 Å². The average Bonchev–Trinajstić information content (AvgIpc) is 2.78. The molecule has 0 aliphatic heterocycles. The molecule has 0 unspecified atom stereocenters. The highest BCUT2D eigenvalue weighted by atomic mass is 35.5. The van der Waals surface area contributed by atoms with Crippen molar-refractivity contribution in [3.8, 4) is 11.3 Å². The monoisotopic (exact) mass is 273 g/mol. The van der Waals surface area contributed by atoms with Crippen LogP contribution >= 0.6 is 11.6 Å². The molecule has 94 valence electrons. The Kier molecular flexibility index (Phi) is 2.68. The van der Waals surface area contributed by atoms with Crippen LogP contribution in [0.3, 0.4) is 0 Å². The summed E-state index contributed by atoms with van der Waals surface area (Å²) in [6, 6.07) is 6.91. The molecule has 1 N–H and O–H groups in total. The van der Waals surface area contributed by atoms with Crippen LogP contribution in [0, 0.1) is 0 Å². The molecule has 0 saturated heterocycles. The lowest BCUT2D eigenvalue weighted by Gasteiger charge is -2.04. The van der Waals surface area contributed by atoms with Crippen LogP contribution in [0.15, 0.2) is 43.0 Å². The van der Waals surface area contributed by atoms with E-state index in [4.69, 9.17) is 11.6 Å². The lowest BCUT2D eigenvalue weighted by molar-refractivity contribution is 0.198. The number of hydrogen-bond donors (Lipinski definition) is 1. The average molecular weight is 274 g/mol. The van der Waals surface area contributed by atoms with Gasteiger partial charge in [0.25, 0.3) is 0 Å². The summed E-state index contributed by atoms with van der Waals surface area (Å²) in [7, 11) is 0. The Balaban J connectivity index is 2.36. The van der Waals surface area contributed by atoms with Gasteiger partial charge in [0.1, 0.15) is 6.33 Å². The standard InChI is InChI=1S/C13H8ClN3O2/c14-10-2-1-8-3-11(9-5-15-7-16-6-9)17(13(18)19)12(8)4-10/h1-7H,(H,18,19). The predicted molar refractivity (Wildman–Crippen MR) is 71.4 cm³/mol. The minimum atomic E-state index is -1.07. The highest BCUT2D eigenvalue weighted by Crippen LogP contribution is 2.29. The molecule has 0 aliphatic carbocycles. The van der Waals surface area contributed by atoms with Crippen LogP contribution in [0.2, 0.25) is 5.02 Å². The lowest BCUT2D eigenvalue weighted by atomic mass is 10.2. The van der Waals surface area contributed by atoms with E-state index in [1.54, 1.807) is 36.7 Å². The molecule has 0 spiro atoms. The van der Waals surface area contributed by atoms with Crippen LogP contribution in [0.25, 0.3) is 22.2 Å². The first-order valence-corrected chi connectivity index (χ1v) is 5.84. The van der Waals surface area contributed by atoms with Crippen LogP contribution in [0.4, 0.5) is 4.79 Å². The molecule has 0 amide bonds. The van der Waals surface area contributed by atoms with Gasteiger partial charge in [-0.2, -0.15) is 0 Å². The summed E-state index contributed by atoms with van der Waals surface area (Å²) in [6.45, 7) is 0. The zero-order valence-corrected chi connectivity index (χ0v) is 10.4. The van der Waals surface area contributed by atoms with Crippen LogP contribution in [-0.4, -0.2) is 25.7 Å². The van der Waals surface area contributed by atoms with Gasteiger partial charge in [0.2, 0.25) is 0 Å². The van der Waals surface area contributed by atoms with E-state index in [1.165, 1.54) is 10.9 Å². The van der Waals surface area contributed by atoms with Gasteiger partial charge >= 0.3 is 6.09 Å². The number of rotatable bonds is 1. The van der Waals surface area contributed by atoms with E-state index in [0.717, 1.165) is 5.39 Å². The first-order valence-electron chi connectivity index (χ1n) is 5.46. The predicted octanol–water partition coefficient (Wildman–Crippen LogP) is 3.28. The van der Waals surface area contributed by atoms with E-state index in [9.17, 15) is 9.90 Å². The topological polar surface area (TPSA) is 68.0 Å². The van der Waals surface area contributed by atoms with Gasteiger partial charge < -0.3 is 5.11 Å². The van der Waals surface area contributed by atoms with Crippen molar-refractivity contribution in [1.82, 2.24) is 14.5 Å². The minimum Gasteiger partial charge on any atom is -0.464 e. The number of benzene rings is 1. The van der Waals surface area contributed by atoms with E-state index >= 15 is 0 Å². The van der Waals surface area contributed by atoms with E-state index in [0.29, 0.717) is 21.8 Å². The first kappa shape index (κ1) is 11.7. The van der Waals surface area contributed by atoms with Gasteiger partial charge in [0.05, 0.1) is 11.2 Å². The van der Waals surface area contributed by atoms with Gasteiger partial charge in [-0.3, -0.25) is 0 Å². The van der Waals surface area contributed by atoms with Gasteiger partial charge in [-0.25, -0.2) is 19.3 Å². The Morgan fingerprint density at radius 3 is 2.63 bits per heavy atom. The van der Waals surface area contributed by atoms with Gasteiger partial charge in [-0.1, -0.05) is 17.7 Å². The van der Waals surface area contributed by atoms with Crippen molar-refractivity contribution in [2.45, 2.75) is 0 Å². The van der Waals surface area contributed by atoms with E-state index < -0.39 is 6.09 Å². The Morgan fingerprint density at radius 2 is 1.95 bits per heavy atom. The second-order valence-corrected chi connectivity index (χ2v) is 4.41. The van der Waals surface area contributed by atoms with Gasteiger partial charge in [-0.05, 0) is 18.2 Å². The molecule has 2 heterocycles. The zero-order valence-electron chi connectivity index (χ0n) is 9.62. The molecule has 19 heavy (non-hydrogen) atoms. The number of fused-ring (bicyclic) bond motifs is 1. The summed E-state index contributed by atoms with van der Waals surface area (Å²) in [5.41, 5.74) is 1.70. The van der Waals surface area contributed by atoms with Crippen molar-refractivity contribution in [2.75, 3.05) is 0 Å². The van der Waals surface area contributed by atoms with Crippen LogP contribution < -0.4 is 0 Å². The fraction of sp³-hybridized carbons (Fsp3) is 0. The van der Waals surface area contributed by atoms with Gasteiger partial charge in [-0.15, -0.1) is 0 Å². The highest BCUT2D eigenvalue weighted by Gasteiger charge is 2.16. The molecule has 0 radical (unpaired) electrons. The highest BCUT2D eigenvalue weighted by molar-refractivity contribution is 6.31. The van der Waals surface area contributed by atoms with Crippen LogP contribution in [-0.2, 0) is 0 Å². The SMILES string of the molecule is O=C(O)n1c(-c2cncnc2)cc2ccc(Cl)cc21. The Labute approximate surface area is 113 Å². The number of halogens is 1. The summed E-state index contributed by atoms with van der Waals surface area (Å²) in [5, 5.41) is 10.7. The first-order chi connectivity index (χ1) is 9.16. The molecule has 0 aliphatic rings. The van der Waals surface area contributed by atoms with E-state index in [1.807, 2.05) is 0 Å². The maximum atomic E-state index is 11.5. The number of nitrogens with zero attached hydrogens (tertiary/aromatic N) is 3. The number of carboxylic acid groups (broad SMARTS) is 1. The second-order valence-electron chi connectivity index (χ2n) is 3.98. The molecule has 2 aromatic heterocycles. The molecule has 1 aromatic carbocycles. The number of carbonyl (C=O) groups is 1. The molecular formula is C13H8ClN3O2. The number of aromatic nitrogens is 3. The van der Waals surface area contributed by atoms with Gasteiger partial charge in [0.15, 0.2) is 0 Å². The summed E-state index contributed by atoms with van der Waals surface area (Å²) >= 11 is 5.92. The van der Waals surface area contributed by atoms with Crippen molar-refractivity contribution in [2.24, 2.45) is 0 Å². The van der Waals surface area contributed by atoms with Crippen molar-refractivity contribution in [3.63, 3.8) is 0 Å². The largest absolute Gasteiger partial charge is 0.464 e. The van der Waals surface area contributed by atoms with Crippen LogP contribution in [0.5, 0.6) is 0 Å². The fourth-order valence-electron chi connectivity index (χ4n) is 2.02. The Hall–Kier alpha value is -2.40. The third kappa shape index (κ3) is 1.94. The smallest absolute Gasteiger partial charge is 0.416 e. The van der Waals surface area contributed by atoms with Crippen LogP contribution in [0.1, 0.15) is 0 Å². The summed E-state index contributed by atoms with van der Waals surface area (Å²) in [6.07, 6.45) is 3.47. The molecule has 3 rings (SSSR count).